The van der Waals surface area contributed by atoms with E-state index in [4.69, 9.17) is 37.9 Å². The van der Waals surface area contributed by atoms with Gasteiger partial charge in [0.05, 0.1) is 29.9 Å². The van der Waals surface area contributed by atoms with Crippen molar-refractivity contribution < 1.29 is 67.3 Å². The minimum Gasteiger partial charge on any atom is -0.457 e. The summed E-state index contributed by atoms with van der Waals surface area (Å²) in [6.45, 7) is 0.0523. The van der Waals surface area contributed by atoms with E-state index in [-0.39, 0.29) is 16.7 Å². The number of methoxy groups -OCH3 is 1. The Kier molecular flexibility index (Phi) is 12.1. The van der Waals surface area contributed by atoms with Crippen LogP contribution in [0.1, 0.15) is 38.0 Å². The van der Waals surface area contributed by atoms with Gasteiger partial charge in [-0.15, -0.1) is 0 Å². The van der Waals surface area contributed by atoms with Gasteiger partial charge in [0.1, 0.15) is 12.2 Å². The molecular formula is C35H36O14. The van der Waals surface area contributed by atoms with Gasteiger partial charge in [-0.25, -0.2) is 14.4 Å². The van der Waals surface area contributed by atoms with Gasteiger partial charge in [-0.1, -0.05) is 54.6 Å². The predicted octanol–water partition coefficient (Wildman–Crippen LogP) is 2.06. The number of ether oxygens (including phenoxy) is 8. The summed E-state index contributed by atoms with van der Waals surface area (Å²) in [5, 5.41) is 20.7. The molecule has 14 nitrogen and oxygen atoms in total. The lowest BCUT2D eigenvalue weighted by molar-refractivity contribution is -0.352. The SMILES string of the molecule is CO[C@H]1O[C@H](CO)[C@@H](O)[C@H](OC(C)=O)[C@@H]1O[C@@H]1OC[C@@H](OC(=O)c2ccccc2)[C@H](OC(=O)c2ccccc2)[C@H]1OC(=O)c1ccccc1. The molecule has 2 N–H and O–H groups in total. The van der Waals surface area contributed by atoms with E-state index >= 15 is 0 Å². The van der Waals surface area contributed by atoms with E-state index in [1.807, 2.05) is 0 Å². The Labute approximate surface area is 281 Å². The molecule has 0 spiro atoms. The maximum Gasteiger partial charge on any atom is 0.338 e. The Morgan fingerprint density at radius 1 is 0.673 bits per heavy atom. The van der Waals surface area contributed by atoms with Crippen LogP contribution in [0.5, 0.6) is 0 Å². The highest BCUT2D eigenvalue weighted by atomic mass is 16.8. The summed E-state index contributed by atoms with van der Waals surface area (Å²) >= 11 is 0. The van der Waals surface area contributed by atoms with Gasteiger partial charge in [0.25, 0.3) is 0 Å². The number of rotatable bonds is 11. The van der Waals surface area contributed by atoms with Crippen molar-refractivity contribution >= 4 is 23.9 Å². The lowest BCUT2D eigenvalue weighted by Gasteiger charge is -2.46. The summed E-state index contributed by atoms with van der Waals surface area (Å²) in [6.07, 6.45) is -13.1. The van der Waals surface area contributed by atoms with Crippen molar-refractivity contribution in [2.75, 3.05) is 20.3 Å². The van der Waals surface area contributed by atoms with Crippen LogP contribution in [0.3, 0.4) is 0 Å². The lowest BCUT2D eigenvalue weighted by atomic mass is 9.98. The molecule has 14 heteroatoms. The molecule has 2 aliphatic rings. The highest BCUT2D eigenvalue weighted by Crippen LogP contribution is 2.33. The standard InChI is InChI=1S/C35H36O14/c1-20(37)44-28-26(38)24(18-36)46-34(42-2)30(28)49-35-29(48-33(41)23-16-10-5-11-17-23)27(47-32(40)22-14-8-4-9-15-22)25(19-43-35)45-31(39)21-12-6-3-7-13-21/h3-17,24-30,34-36,38H,18-19H2,1-2H3/t24-,25-,26-,27+,28+,29-,30+,34+,35+/m1/s1. The molecule has 0 aliphatic carbocycles. The molecule has 49 heavy (non-hydrogen) atoms. The van der Waals surface area contributed by atoms with E-state index in [1.54, 1.807) is 54.6 Å². The van der Waals surface area contributed by atoms with Crippen molar-refractivity contribution in [3.05, 3.63) is 108 Å². The molecule has 2 saturated heterocycles. The van der Waals surface area contributed by atoms with Crippen molar-refractivity contribution in [2.24, 2.45) is 0 Å². The van der Waals surface area contributed by atoms with Crippen LogP contribution in [0, 0.1) is 0 Å². The number of hydrogen-bond donors (Lipinski definition) is 2. The summed E-state index contributed by atoms with van der Waals surface area (Å²) in [7, 11) is 1.26. The molecule has 0 radical (unpaired) electrons. The average molecular weight is 681 g/mol. The molecule has 2 aliphatic heterocycles. The van der Waals surface area contributed by atoms with E-state index in [1.165, 1.54) is 43.5 Å². The largest absolute Gasteiger partial charge is 0.457 e. The lowest BCUT2D eigenvalue weighted by Crippen LogP contribution is -2.64. The average Bonchev–Trinajstić information content (AvgIpc) is 3.12. The summed E-state index contributed by atoms with van der Waals surface area (Å²) in [4.78, 5) is 52.2. The number of aliphatic hydroxyl groups is 2. The van der Waals surface area contributed by atoms with Crippen LogP contribution in [-0.2, 0) is 42.7 Å². The number of benzene rings is 3. The zero-order valence-electron chi connectivity index (χ0n) is 26.6. The number of carbonyl (C=O) groups is 4. The summed E-state index contributed by atoms with van der Waals surface area (Å²) in [5.74, 6) is -3.25. The minimum atomic E-state index is -1.62. The quantitative estimate of drug-likeness (QED) is 0.222. The van der Waals surface area contributed by atoms with Crippen molar-refractivity contribution in [1.82, 2.24) is 0 Å². The van der Waals surface area contributed by atoms with E-state index in [0.717, 1.165) is 6.92 Å². The first-order chi connectivity index (χ1) is 23.7. The van der Waals surface area contributed by atoms with Gasteiger partial charge in [0.2, 0.25) is 0 Å². The molecule has 3 aromatic carbocycles. The molecule has 0 saturated carbocycles. The third-order valence-corrected chi connectivity index (χ3v) is 7.78. The maximum atomic E-state index is 13.5. The monoisotopic (exact) mass is 680 g/mol. The Morgan fingerprint density at radius 2 is 1.16 bits per heavy atom. The van der Waals surface area contributed by atoms with Crippen LogP contribution in [0.15, 0.2) is 91.0 Å². The fourth-order valence-corrected chi connectivity index (χ4v) is 5.40. The molecule has 0 bridgehead atoms. The van der Waals surface area contributed by atoms with Crippen LogP contribution in [0.2, 0.25) is 0 Å². The second kappa shape index (κ2) is 16.6. The minimum absolute atomic E-state index is 0.132. The summed E-state index contributed by atoms with van der Waals surface area (Å²) in [5.41, 5.74) is 0.485. The van der Waals surface area contributed by atoms with Gasteiger partial charge in [-0.05, 0) is 36.4 Å². The van der Waals surface area contributed by atoms with Crippen molar-refractivity contribution in [3.63, 3.8) is 0 Å². The van der Waals surface area contributed by atoms with Gasteiger partial charge in [0, 0.05) is 14.0 Å². The van der Waals surface area contributed by atoms with Crippen molar-refractivity contribution in [3.8, 4) is 0 Å². The zero-order chi connectivity index (χ0) is 34.9. The first-order valence-corrected chi connectivity index (χ1v) is 15.4. The van der Waals surface area contributed by atoms with Crippen LogP contribution >= 0.6 is 0 Å². The molecular weight excluding hydrogens is 644 g/mol. The first kappa shape index (κ1) is 35.6. The van der Waals surface area contributed by atoms with Gasteiger partial charge < -0.3 is 48.1 Å². The molecule has 3 aromatic rings. The van der Waals surface area contributed by atoms with Gasteiger partial charge in [0.15, 0.2) is 43.1 Å². The maximum absolute atomic E-state index is 13.5. The van der Waals surface area contributed by atoms with E-state index in [9.17, 15) is 29.4 Å². The number of carbonyl (C=O) groups excluding carboxylic acids is 4. The van der Waals surface area contributed by atoms with E-state index < -0.39 is 92.4 Å². The molecule has 0 amide bonds. The van der Waals surface area contributed by atoms with Gasteiger partial charge in [-0.2, -0.15) is 0 Å². The number of hydrogen-bond acceptors (Lipinski definition) is 14. The van der Waals surface area contributed by atoms with Gasteiger partial charge >= 0.3 is 23.9 Å². The third-order valence-electron chi connectivity index (χ3n) is 7.78. The highest BCUT2D eigenvalue weighted by molar-refractivity contribution is 5.91. The number of esters is 4. The molecule has 0 aromatic heterocycles. The molecule has 2 fully saturated rings. The fourth-order valence-electron chi connectivity index (χ4n) is 5.40. The Balaban J connectivity index is 1.52. The zero-order valence-corrected chi connectivity index (χ0v) is 26.6. The Morgan fingerprint density at radius 3 is 1.63 bits per heavy atom. The normalized spacial score (nSPS) is 28.1. The topological polar surface area (TPSA) is 183 Å². The molecule has 0 unspecified atom stereocenters. The van der Waals surface area contributed by atoms with Crippen molar-refractivity contribution in [1.29, 1.82) is 0 Å². The van der Waals surface area contributed by atoms with E-state index in [2.05, 4.69) is 0 Å². The number of aliphatic hydroxyl groups excluding tert-OH is 2. The van der Waals surface area contributed by atoms with E-state index in [0.29, 0.717) is 0 Å². The van der Waals surface area contributed by atoms with Gasteiger partial charge in [-0.3, -0.25) is 4.79 Å². The fraction of sp³-hybridized carbons (Fsp3) is 0.371. The first-order valence-electron chi connectivity index (χ1n) is 15.4. The Bertz CT molecular complexity index is 1550. The van der Waals surface area contributed by atoms with Crippen LogP contribution in [0.25, 0.3) is 0 Å². The predicted molar refractivity (Wildman–Crippen MR) is 166 cm³/mol. The second-order valence-electron chi connectivity index (χ2n) is 11.1. The van der Waals surface area contributed by atoms with Crippen LogP contribution in [0.4, 0.5) is 0 Å². The second-order valence-corrected chi connectivity index (χ2v) is 11.1. The Hall–Kier alpha value is -4.70. The highest BCUT2D eigenvalue weighted by Gasteiger charge is 2.54. The smallest absolute Gasteiger partial charge is 0.338 e. The molecule has 2 heterocycles. The van der Waals surface area contributed by atoms with Crippen LogP contribution in [-0.4, -0.2) is 110 Å². The summed E-state index contributed by atoms with van der Waals surface area (Å²) in [6, 6.07) is 24.0. The summed E-state index contributed by atoms with van der Waals surface area (Å²) < 4.78 is 46.2. The van der Waals surface area contributed by atoms with Crippen molar-refractivity contribution in [2.45, 2.75) is 62.2 Å². The van der Waals surface area contributed by atoms with Crippen LogP contribution < -0.4 is 0 Å². The molecule has 5 rings (SSSR count). The molecule has 9 atom stereocenters. The molecule has 260 valence electrons. The third kappa shape index (κ3) is 8.67.